The van der Waals surface area contributed by atoms with Gasteiger partial charge in [-0.1, -0.05) is 0 Å². The molecule has 0 aromatic rings. The molecule has 0 bridgehead atoms. The minimum atomic E-state index is -6.14. The summed E-state index contributed by atoms with van der Waals surface area (Å²) in [6.07, 6.45) is -14.8. The topological polar surface area (TPSA) is 18.8 Å². The minimum Gasteiger partial charge on any atom is -0.264 e. The molecule has 1 rings (SSSR count). The molecule has 1 aliphatic heterocycles. The van der Waals surface area contributed by atoms with E-state index in [1.165, 1.54) is 13.8 Å². The summed E-state index contributed by atoms with van der Waals surface area (Å²) in [6, 6.07) is -6.67. The lowest BCUT2D eigenvalue weighted by molar-refractivity contribution is -0.353. The molecular formula is C8H9F8N3. The lowest BCUT2D eigenvalue weighted by atomic mass is 10.3. The fourth-order valence-corrected chi connectivity index (χ4v) is 1.46. The van der Waals surface area contributed by atoms with Crippen LogP contribution in [0.5, 0.6) is 0 Å². The van der Waals surface area contributed by atoms with E-state index in [1.807, 2.05) is 0 Å². The van der Waals surface area contributed by atoms with Gasteiger partial charge in [0.05, 0.1) is 0 Å². The van der Waals surface area contributed by atoms with Crippen molar-refractivity contribution in [2.75, 3.05) is 0 Å². The number of halogens is 8. The molecule has 0 aromatic heterocycles. The summed E-state index contributed by atoms with van der Waals surface area (Å²) in [5.74, 6) is 0. The van der Waals surface area contributed by atoms with Crippen molar-refractivity contribution in [3.8, 4) is 0 Å². The normalized spacial score (nSPS) is 21.7. The number of hydrazone groups is 1. The summed E-state index contributed by atoms with van der Waals surface area (Å²) < 4.78 is 101. The summed E-state index contributed by atoms with van der Waals surface area (Å²) in [5, 5.41) is 3.12. The summed E-state index contributed by atoms with van der Waals surface area (Å²) >= 11 is 0. The second-order valence-corrected chi connectivity index (χ2v) is 4.07. The molecule has 1 aliphatic rings. The first-order chi connectivity index (χ1) is 8.30. The average molecular weight is 299 g/mol. The highest BCUT2D eigenvalue weighted by molar-refractivity contribution is 5.58. The Balaban J connectivity index is 3.19. The van der Waals surface area contributed by atoms with Crippen LogP contribution in [-0.4, -0.2) is 46.9 Å². The van der Waals surface area contributed by atoms with Crippen molar-refractivity contribution in [2.24, 2.45) is 5.10 Å². The molecule has 11 heteroatoms. The molecule has 0 amide bonds. The second-order valence-electron chi connectivity index (χ2n) is 4.07. The Hall–Kier alpha value is -1.29. The average Bonchev–Trinajstić information content (AvgIpc) is 2.58. The van der Waals surface area contributed by atoms with Crippen LogP contribution in [0.4, 0.5) is 35.1 Å². The molecule has 0 radical (unpaired) electrons. The predicted octanol–water partition coefficient (Wildman–Crippen LogP) is 3.00. The zero-order valence-electron chi connectivity index (χ0n) is 9.60. The van der Waals surface area contributed by atoms with E-state index in [9.17, 15) is 35.1 Å². The van der Waals surface area contributed by atoms with Crippen LogP contribution in [0.1, 0.15) is 13.8 Å². The number of nitrogens with zero attached hydrogens (tertiary/aromatic N) is 3. The Labute approximate surface area is 102 Å². The van der Waals surface area contributed by atoms with Crippen molar-refractivity contribution >= 4 is 6.34 Å². The van der Waals surface area contributed by atoms with E-state index in [0.29, 0.717) is 0 Å². The molecule has 0 N–H and O–H groups in total. The lowest BCUT2D eigenvalue weighted by Crippen LogP contribution is -2.62. The molecule has 112 valence electrons. The quantitative estimate of drug-likeness (QED) is 0.576. The fraction of sp³-hybridized carbons (Fsp3) is 0.875. The number of hydrogen-bond acceptors (Lipinski definition) is 3. The molecule has 1 atom stereocenters. The van der Waals surface area contributed by atoms with Gasteiger partial charge in [-0.3, -0.25) is 9.91 Å². The molecule has 3 nitrogen and oxygen atoms in total. The molecule has 0 aliphatic carbocycles. The zero-order chi connectivity index (χ0) is 15.2. The van der Waals surface area contributed by atoms with Crippen molar-refractivity contribution in [1.82, 2.24) is 9.91 Å². The van der Waals surface area contributed by atoms with Gasteiger partial charge in [-0.25, -0.2) is 0 Å². The maximum Gasteiger partial charge on any atom is 0.475 e. The summed E-state index contributed by atoms with van der Waals surface area (Å²) in [5.41, 5.74) is 0. The molecule has 0 fully saturated rings. The molecule has 1 heterocycles. The predicted molar refractivity (Wildman–Crippen MR) is 48.2 cm³/mol. The zero-order valence-corrected chi connectivity index (χ0v) is 9.60. The summed E-state index contributed by atoms with van der Waals surface area (Å²) in [6.45, 7) is 2.37. The lowest BCUT2D eigenvalue weighted by Gasteiger charge is -2.37. The van der Waals surface area contributed by atoms with Crippen LogP contribution >= 0.6 is 0 Å². The Kier molecular flexibility index (Phi) is 3.63. The highest BCUT2D eigenvalue weighted by atomic mass is 19.4. The van der Waals surface area contributed by atoms with Gasteiger partial charge in [0.15, 0.2) is 0 Å². The molecule has 1 unspecified atom stereocenters. The van der Waals surface area contributed by atoms with Crippen molar-refractivity contribution in [1.29, 1.82) is 0 Å². The third-order valence-electron chi connectivity index (χ3n) is 2.31. The number of hydrogen-bond donors (Lipinski definition) is 0. The van der Waals surface area contributed by atoms with E-state index in [4.69, 9.17) is 0 Å². The Morgan fingerprint density at radius 2 is 1.47 bits per heavy atom. The molecular weight excluding hydrogens is 290 g/mol. The third-order valence-corrected chi connectivity index (χ3v) is 2.31. The van der Waals surface area contributed by atoms with Crippen LogP contribution in [0.25, 0.3) is 0 Å². The first-order valence-corrected chi connectivity index (χ1v) is 4.92. The van der Waals surface area contributed by atoms with Crippen LogP contribution in [0.3, 0.4) is 0 Å². The van der Waals surface area contributed by atoms with Gasteiger partial charge in [0, 0.05) is 6.04 Å². The van der Waals surface area contributed by atoms with Crippen LogP contribution < -0.4 is 0 Å². The van der Waals surface area contributed by atoms with Gasteiger partial charge in [0.25, 0.3) is 0 Å². The van der Waals surface area contributed by atoms with Crippen LogP contribution in [0.15, 0.2) is 5.10 Å². The monoisotopic (exact) mass is 299 g/mol. The Morgan fingerprint density at radius 3 is 1.79 bits per heavy atom. The van der Waals surface area contributed by atoms with E-state index in [1.54, 1.807) is 0 Å². The first kappa shape index (κ1) is 15.8. The third kappa shape index (κ3) is 2.68. The number of rotatable bonds is 2. The SMILES string of the molecule is CC(C)N1N=CN(C(F)(F)C(F)(F)F)C1C(F)(F)F. The number of alkyl halides is 8. The van der Waals surface area contributed by atoms with Crippen molar-refractivity contribution in [2.45, 2.75) is 44.5 Å². The highest BCUT2D eigenvalue weighted by Crippen LogP contribution is 2.44. The first-order valence-electron chi connectivity index (χ1n) is 4.92. The Morgan fingerprint density at radius 1 is 1.00 bits per heavy atom. The standard InChI is InChI=1S/C8H9F8N3/c1-4(2)19-5(6(9,10)11)18(3-17-19)8(15,16)7(12,13)14/h3-5H,1-2H3. The molecule has 0 aromatic carbocycles. The van der Waals surface area contributed by atoms with Gasteiger partial charge in [-0.05, 0) is 13.8 Å². The van der Waals surface area contributed by atoms with E-state index in [2.05, 4.69) is 5.10 Å². The van der Waals surface area contributed by atoms with Gasteiger partial charge >= 0.3 is 18.4 Å². The summed E-state index contributed by atoms with van der Waals surface area (Å²) in [7, 11) is 0. The fourth-order valence-electron chi connectivity index (χ4n) is 1.46. The maximum absolute atomic E-state index is 13.0. The molecule has 19 heavy (non-hydrogen) atoms. The maximum atomic E-state index is 13.0. The van der Waals surface area contributed by atoms with Crippen LogP contribution in [-0.2, 0) is 0 Å². The van der Waals surface area contributed by atoms with E-state index in [0.717, 1.165) is 0 Å². The largest absolute Gasteiger partial charge is 0.475 e. The molecule has 0 saturated carbocycles. The van der Waals surface area contributed by atoms with Crippen LogP contribution in [0.2, 0.25) is 0 Å². The smallest absolute Gasteiger partial charge is 0.264 e. The molecule has 0 saturated heterocycles. The van der Waals surface area contributed by atoms with Crippen molar-refractivity contribution < 1.29 is 35.1 Å². The van der Waals surface area contributed by atoms with Gasteiger partial charge in [0.2, 0.25) is 6.17 Å². The van der Waals surface area contributed by atoms with E-state index >= 15 is 0 Å². The van der Waals surface area contributed by atoms with Gasteiger partial charge in [-0.15, -0.1) is 0 Å². The highest BCUT2D eigenvalue weighted by Gasteiger charge is 2.68. The van der Waals surface area contributed by atoms with E-state index in [-0.39, 0.29) is 11.3 Å². The van der Waals surface area contributed by atoms with Gasteiger partial charge in [0.1, 0.15) is 6.34 Å². The van der Waals surface area contributed by atoms with Crippen molar-refractivity contribution in [3.63, 3.8) is 0 Å². The Bertz CT molecular complexity index is 358. The van der Waals surface area contributed by atoms with Crippen LogP contribution in [0, 0.1) is 0 Å². The van der Waals surface area contributed by atoms with Crippen molar-refractivity contribution in [3.05, 3.63) is 0 Å². The van der Waals surface area contributed by atoms with Gasteiger partial charge < -0.3 is 0 Å². The summed E-state index contributed by atoms with van der Waals surface area (Å²) in [4.78, 5) is -1.13. The molecule has 0 spiro atoms. The second kappa shape index (κ2) is 4.37. The minimum absolute atomic E-state index is 0.139. The van der Waals surface area contributed by atoms with E-state index < -0.39 is 35.5 Å². The van der Waals surface area contributed by atoms with Gasteiger partial charge in [-0.2, -0.15) is 40.2 Å².